The van der Waals surface area contributed by atoms with Gasteiger partial charge < -0.3 is 10.1 Å². The van der Waals surface area contributed by atoms with Gasteiger partial charge in [0, 0.05) is 29.8 Å². The highest BCUT2D eigenvalue weighted by Crippen LogP contribution is 2.32. The number of rotatable bonds is 5. The Labute approximate surface area is 183 Å². The van der Waals surface area contributed by atoms with Crippen molar-refractivity contribution in [1.82, 2.24) is 4.90 Å². The van der Waals surface area contributed by atoms with Crippen molar-refractivity contribution in [3.8, 4) is 16.9 Å². The molecule has 1 N–H and O–H groups in total. The van der Waals surface area contributed by atoms with Gasteiger partial charge in [-0.2, -0.15) is 0 Å². The van der Waals surface area contributed by atoms with E-state index in [-0.39, 0.29) is 5.91 Å². The number of nitrogens with one attached hydrogen (secondary N) is 1. The molecular formula is C27H28N2O2. The number of fused-ring (bicyclic) bond motifs is 1. The molecule has 3 aromatic carbocycles. The second-order valence-corrected chi connectivity index (χ2v) is 8.41. The summed E-state index contributed by atoms with van der Waals surface area (Å²) in [7, 11) is 0. The molecular weight excluding hydrogens is 384 g/mol. The Morgan fingerprint density at radius 3 is 2.61 bits per heavy atom. The van der Waals surface area contributed by atoms with Gasteiger partial charge in [0.2, 0.25) is 0 Å². The molecule has 0 spiro atoms. The maximum absolute atomic E-state index is 13.1. The van der Waals surface area contributed by atoms with E-state index in [4.69, 9.17) is 4.74 Å². The number of likely N-dealkylation sites (tertiary alicyclic amines) is 1. The van der Waals surface area contributed by atoms with Crippen LogP contribution in [0.1, 0.15) is 40.7 Å². The Balaban J connectivity index is 1.44. The standard InChI is InChI=1S/C27H28N2O2/c30-27(28-25-10-7-11-26-24(25)14-17-31-26)21-12-13-23(20-8-3-1-4-9-20)22(18-21)19-29-15-5-2-6-16-29/h1,3-4,7-13,18H,2,5-6,14-17,19H2,(H,28,30). The van der Waals surface area contributed by atoms with Gasteiger partial charge in [0.05, 0.1) is 6.61 Å². The van der Waals surface area contributed by atoms with Gasteiger partial charge in [-0.15, -0.1) is 0 Å². The van der Waals surface area contributed by atoms with Crippen LogP contribution in [0.3, 0.4) is 0 Å². The van der Waals surface area contributed by atoms with Crippen LogP contribution in [0.2, 0.25) is 0 Å². The van der Waals surface area contributed by atoms with E-state index in [0.717, 1.165) is 43.1 Å². The number of amides is 1. The van der Waals surface area contributed by atoms with Gasteiger partial charge in [-0.1, -0.05) is 48.9 Å². The van der Waals surface area contributed by atoms with Crippen molar-refractivity contribution in [2.75, 3.05) is 25.0 Å². The van der Waals surface area contributed by atoms with Crippen LogP contribution in [0.5, 0.6) is 5.75 Å². The van der Waals surface area contributed by atoms with Crippen molar-refractivity contribution < 1.29 is 9.53 Å². The second-order valence-electron chi connectivity index (χ2n) is 8.41. The molecule has 0 aromatic heterocycles. The van der Waals surface area contributed by atoms with Crippen LogP contribution in [0.15, 0.2) is 66.7 Å². The summed E-state index contributed by atoms with van der Waals surface area (Å²) < 4.78 is 5.64. The van der Waals surface area contributed by atoms with Crippen molar-refractivity contribution in [1.29, 1.82) is 0 Å². The van der Waals surface area contributed by atoms with Crippen molar-refractivity contribution in [2.24, 2.45) is 0 Å². The molecule has 5 rings (SSSR count). The highest BCUT2D eigenvalue weighted by Gasteiger charge is 2.19. The summed E-state index contributed by atoms with van der Waals surface area (Å²) >= 11 is 0. The van der Waals surface area contributed by atoms with E-state index in [1.54, 1.807) is 0 Å². The van der Waals surface area contributed by atoms with E-state index in [2.05, 4.69) is 46.6 Å². The summed E-state index contributed by atoms with van der Waals surface area (Å²) in [6, 6.07) is 22.4. The average molecular weight is 413 g/mol. The lowest BCUT2D eigenvalue weighted by molar-refractivity contribution is 0.102. The second kappa shape index (κ2) is 8.94. The smallest absolute Gasteiger partial charge is 0.255 e. The van der Waals surface area contributed by atoms with Crippen LogP contribution in [0.4, 0.5) is 5.69 Å². The molecule has 31 heavy (non-hydrogen) atoms. The Kier molecular flexibility index (Phi) is 5.72. The third-order valence-corrected chi connectivity index (χ3v) is 6.29. The normalized spacial score (nSPS) is 15.9. The summed E-state index contributed by atoms with van der Waals surface area (Å²) in [6.45, 7) is 3.80. The number of piperidine rings is 1. The van der Waals surface area contributed by atoms with Gasteiger partial charge in [0.15, 0.2) is 0 Å². The molecule has 4 nitrogen and oxygen atoms in total. The van der Waals surface area contributed by atoms with Gasteiger partial charge in [-0.25, -0.2) is 0 Å². The lowest BCUT2D eigenvalue weighted by Gasteiger charge is -2.27. The van der Waals surface area contributed by atoms with Crippen LogP contribution in [-0.2, 0) is 13.0 Å². The molecule has 1 saturated heterocycles. The highest BCUT2D eigenvalue weighted by atomic mass is 16.5. The topological polar surface area (TPSA) is 41.6 Å². The molecule has 0 saturated carbocycles. The Bertz CT molecular complexity index is 1070. The lowest BCUT2D eigenvalue weighted by atomic mass is 9.96. The number of hydrogen-bond donors (Lipinski definition) is 1. The summed E-state index contributed by atoms with van der Waals surface area (Å²) in [5, 5.41) is 3.12. The Morgan fingerprint density at radius 2 is 1.77 bits per heavy atom. The zero-order valence-electron chi connectivity index (χ0n) is 17.8. The van der Waals surface area contributed by atoms with Crippen LogP contribution in [0, 0.1) is 0 Å². The lowest BCUT2D eigenvalue weighted by Crippen LogP contribution is -2.29. The van der Waals surface area contributed by atoms with Gasteiger partial charge in [0.1, 0.15) is 5.75 Å². The fraction of sp³-hybridized carbons (Fsp3) is 0.296. The average Bonchev–Trinajstić information content (AvgIpc) is 3.30. The van der Waals surface area contributed by atoms with Crippen LogP contribution in [0.25, 0.3) is 11.1 Å². The number of benzene rings is 3. The zero-order chi connectivity index (χ0) is 21.0. The summed E-state index contributed by atoms with van der Waals surface area (Å²) in [6.07, 6.45) is 4.65. The minimum Gasteiger partial charge on any atom is -0.493 e. The van der Waals surface area contributed by atoms with Gasteiger partial charge in [-0.05, 0) is 66.9 Å². The number of ether oxygens (including phenoxy) is 1. The van der Waals surface area contributed by atoms with E-state index < -0.39 is 0 Å². The molecule has 0 radical (unpaired) electrons. The number of hydrogen-bond acceptors (Lipinski definition) is 3. The van der Waals surface area contributed by atoms with E-state index >= 15 is 0 Å². The molecule has 0 bridgehead atoms. The van der Waals surface area contributed by atoms with Crippen LogP contribution in [-0.4, -0.2) is 30.5 Å². The Hall–Kier alpha value is -3.11. The van der Waals surface area contributed by atoms with E-state index in [9.17, 15) is 4.79 Å². The summed E-state index contributed by atoms with van der Waals surface area (Å²) in [4.78, 5) is 15.6. The quantitative estimate of drug-likeness (QED) is 0.599. The largest absolute Gasteiger partial charge is 0.493 e. The van der Waals surface area contributed by atoms with Crippen LogP contribution < -0.4 is 10.1 Å². The summed E-state index contributed by atoms with van der Waals surface area (Å²) in [5.41, 5.74) is 6.25. The minimum absolute atomic E-state index is 0.0696. The molecule has 0 atom stereocenters. The fourth-order valence-corrected chi connectivity index (χ4v) is 4.66. The first-order valence-corrected chi connectivity index (χ1v) is 11.2. The molecule has 0 aliphatic carbocycles. The van der Waals surface area contributed by atoms with Crippen LogP contribution >= 0.6 is 0 Å². The molecule has 0 unspecified atom stereocenters. The molecule has 2 heterocycles. The van der Waals surface area contributed by atoms with Gasteiger partial charge in [-0.3, -0.25) is 9.69 Å². The highest BCUT2D eigenvalue weighted by molar-refractivity contribution is 6.05. The zero-order valence-corrected chi connectivity index (χ0v) is 17.8. The fourth-order valence-electron chi connectivity index (χ4n) is 4.66. The number of nitrogens with zero attached hydrogens (tertiary/aromatic N) is 1. The molecule has 1 fully saturated rings. The van der Waals surface area contributed by atoms with E-state index in [1.165, 1.54) is 36.0 Å². The van der Waals surface area contributed by atoms with Gasteiger partial charge >= 0.3 is 0 Å². The monoisotopic (exact) mass is 412 g/mol. The maximum atomic E-state index is 13.1. The number of carbonyl (C=O) groups excluding carboxylic acids is 1. The summed E-state index contributed by atoms with van der Waals surface area (Å²) in [5.74, 6) is 0.808. The number of anilines is 1. The third-order valence-electron chi connectivity index (χ3n) is 6.29. The van der Waals surface area contributed by atoms with Crippen molar-refractivity contribution in [3.63, 3.8) is 0 Å². The van der Waals surface area contributed by atoms with E-state index in [0.29, 0.717) is 12.2 Å². The molecule has 4 heteroatoms. The number of carbonyl (C=O) groups is 1. The first-order valence-electron chi connectivity index (χ1n) is 11.2. The molecule has 1 amide bonds. The molecule has 2 aliphatic heterocycles. The predicted octanol–water partition coefficient (Wildman–Crippen LogP) is 5.53. The third kappa shape index (κ3) is 4.35. The van der Waals surface area contributed by atoms with Gasteiger partial charge in [0.25, 0.3) is 5.91 Å². The van der Waals surface area contributed by atoms with Crippen molar-refractivity contribution >= 4 is 11.6 Å². The Morgan fingerprint density at radius 1 is 0.935 bits per heavy atom. The van der Waals surface area contributed by atoms with E-state index in [1.807, 2.05) is 30.3 Å². The predicted molar refractivity (Wildman–Crippen MR) is 125 cm³/mol. The maximum Gasteiger partial charge on any atom is 0.255 e. The molecule has 158 valence electrons. The molecule has 2 aliphatic rings. The minimum atomic E-state index is -0.0696. The van der Waals surface area contributed by atoms with Crippen molar-refractivity contribution in [2.45, 2.75) is 32.2 Å². The first-order chi connectivity index (χ1) is 15.3. The first kappa shape index (κ1) is 19.8. The molecule has 3 aromatic rings. The SMILES string of the molecule is O=C(Nc1cccc2c1CCO2)c1ccc(-c2ccccc2)c(CN2CCCCC2)c1. The van der Waals surface area contributed by atoms with Crippen molar-refractivity contribution in [3.05, 3.63) is 83.4 Å².